The van der Waals surface area contributed by atoms with E-state index in [4.69, 9.17) is 11.6 Å². The molecule has 0 aliphatic heterocycles. The van der Waals surface area contributed by atoms with Gasteiger partial charge in [0.1, 0.15) is 5.75 Å². The number of H-pyrrole nitrogens is 1. The minimum absolute atomic E-state index is 0.226. The molecule has 0 saturated heterocycles. The van der Waals surface area contributed by atoms with Crippen LogP contribution in [0.5, 0.6) is 5.75 Å². The Hall–Kier alpha value is -1.48. The second-order valence-electron chi connectivity index (χ2n) is 3.69. The van der Waals surface area contributed by atoms with Gasteiger partial charge in [-0.05, 0) is 31.5 Å². The van der Waals surface area contributed by atoms with Gasteiger partial charge in [0.05, 0.1) is 5.69 Å². The summed E-state index contributed by atoms with van der Waals surface area (Å²) in [4.78, 5) is 0. The van der Waals surface area contributed by atoms with Crippen molar-refractivity contribution in [3.8, 4) is 16.9 Å². The van der Waals surface area contributed by atoms with E-state index >= 15 is 0 Å². The third-order valence-electron chi connectivity index (χ3n) is 2.58. The first-order valence-corrected chi connectivity index (χ1v) is 5.54. The number of benzene rings is 1. The van der Waals surface area contributed by atoms with Crippen LogP contribution in [-0.2, 0) is 6.42 Å². The van der Waals surface area contributed by atoms with Crippen LogP contribution < -0.4 is 0 Å². The predicted molar refractivity (Wildman–Crippen MR) is 64.8 cm³/mol. The fourth-order valence-corrected chi connectivity index (χ4v) is 1.97. The summed E-state index contributed by atoms with van der Waals surface area (Å²) >= 11 is 5.94. The van der Waals surface area contributed by atoms with Crippen molar-refractivity contribution in [2.24, 2.45) is 0 Å². The Morgan fingerprint density at radius 1 is 1.44 bits per heavy atom. The van der Waals surface area contributed by atoms with Crippen molar-refractivity contribution in [1.29, 1.82) is 0 Å². The fraction of sp³-hybridized carbons (Fsp3) is 0.250. The standard InChI is InChI=1S/C12H13ClN2O/c1-3-10-12(7(2)14-15-10)9-6-8(13)4-5-11(9)16/h4-6,16H,3H2,1-2H3,(H,14,15). The molecule has 0 fully saturated rings. The molecule has 0 spiro atoms. The van der Waals surface area contributed by atoms with Crippen LogP contribution >= 0.6 is 11.6 Å². The van der Waals surface area contributed by atoms with E-state index in [-0.39, 0.29) is 5.75 Å². The molecular formula is C12H13ClN2O. The van der Waals surface area contributed by atoms with Crippen LogP contribution in [0.4, 0.5) is 0 Å². The van der Waals surface area contributed by atoms with Crippen molar-refractivity contribution < 1.29 is 5.11 Å². The summed E-state index contributed by atoms with van der Waals surface area (Å²) in [5.74, 6) is 0.226. The van der Waals surface area contributed by atoms with E-state index < -0.39 is 0 Å². The van der Waals surface area contributed by atoms with Gasteiger partial charge in [-0.1, -0.05) is 18.5 Å². The fourth-order valence-electron chi connectivity index (χ4n) is 1.80. The summed E-state index contributed by atoms with van der Waals surface area (Å²) in [6.07, 6.45) is 0.811. The topological polar surface area (TPSA) is 48.9 Å². The maximum atomic E-state index is 9.85. The zero-order chi connectivity index (χ0) is 11.7. The molecule has 2 N–H and O–H groups in total. The van der Waals surface area contributed by atoms with E-state index in [9.17, 15) is 5.11 Å². The molecule has 0 radical (unpaired) electrons. The molecule has 4 heteroatoms. The van der Waals surface area contributed by atoms with Crippen molar-refractivity contribution in [3.63, 3.8) is 0 Å². The van der Waals surface area contributed by atoms with Crippen molar-refractivity contribution in [3.05, 3.63) is 34.6 Å². The summed E-state index contributed by atoms with van der Waals surface area (Å²) in [6.45, 7) is 3.96. The minimum atomic E-state index is 0.226. The SMILES string of the molecule is CCc1n[nH]c(C)c1-c1cc(Cl)ccc1O. The summed E-state index contributed by atoms with van der Waals surface area (Å²) in [5.41, 5.74) is 3.56. The number of aromatic nitrogens is 2. The second kappa shape index (κ2) is 4.18. The monoisotopic (exact) mass is 236 g/mol. The Balaban J connectivity index is 2.66. The number of halogens is 1. The highest BCUT2D eigenvalue weighted by Crippen LogP contribution is 2.35. The van der Waals surface area contributed by atoms with Crippen LogP contribution in [-0.4, -0.2) is 15.3 Å². The average molecular weight is 237 g/mol. The number of nitrogens with zero attached hydrogens (tertiary/aromatic N) is 1. The maximum Gasteiger partial charge on any atom is 0.123 e. The number of rotatable bonds is 2. The molecule has 0 saturated carbocycles. The first kappa shape index (κ1) is 11.0. The van der Waals surface area contributed by atoms with Crippen LogP contribution in [0.25, 0.3) is 11.1 Å². The summed E-state index contributed by atoms with van der Waals surface area (Å²) in [5, 5.41) is 17.6. The molecule has 1 aromatic carbocycles. The number of phenols is 1. The molecule has 0 atom stereocenters. The van der Waals surface area contributed by atoms with E-state index in [0.29, 0.717) is 5.02 Å². The van der Waals surface area contributed by atoms with Gasteiger partial charge in [0, 0.05) is 21.8 Å². The van der Waals surface area contributed by atoms with Gasteiger partial charge in [0.15, 0.2) is 0 Å². The molecule has 3 nitrogen and oxygen atoms in total. The average Bonchev–Trinajstić information content (AvgIpc) is 2.63. The lowest BCUT2D eigenvalue weighted by Crippen LogP contribution is -1.87. The van der Waals surface area contributed by atoms with E-state index in [0.717, 1.165) is 28.9 Å². The van der Waals surface area contributed by atoms with Crippen LogP contribution in [0.15, 0.2) is 18.2 Å². The molecule has 2 rings (SSSR count). The number of aryl methyl sites for hydroxylation is 2. The summed E-state index contributed by atoms with van der Waals surface area (Å²) < 4.78 is 0. The Labute approximate surface area is 99.1 Å². The van der Waals surface area contributed by atoms with Crippen molar-refractivity contribution >= 4 is 11.6 Å². The predicted octanol–water partition coefficient (Wildman–Crippen LogP) is 3.31. The quantitative estimate of drug-likeness (QED) is 0.841. The Bertz CT molecular complexity index is 520. The molecule has 0 aliphatic carbocycles. The molecule has 0 aliphatic rings. The van der Waals surface area contributed by atoms with Crippen LogP contribution in [0.1, 0.15) is 18.3 Å². The summed E-state index contributed by atoms with van der Waals surface area (Å²) in [7, 11) is 0. The van der Waals surface area contributed by atoms with Gasteiger partial charge in [-0.15, -0.1) is 0 Å². The highest BCUT2D eigenvalue weighted by molar-refractivity contribution is 6.31. The third kappa shape index (κ3) is 1.78. The van der Waals surface area contributed by atoms with Crippen molar-refractivity contribution in [2.45, 2.75) is 20.3 Å². The van der Waals surface area contributed by atoms with Crippen molar-refractivity contribution in [1.82, 2.24) is 10.2 Å². The maximum absolute atomic E-state index is 9.85. The molecule has 84 valence electrons. The molecule has 0 bridgehead atoms. The zero-order valence-corrected chi connectivity index (χ0v) is 9.97. The van der Waals surface area contributed by atoms with Gasteiger partial charge in [-0.25, -0.2) is 0 Å². The first-order valence-electron chi connectivity index (χ1n) is 5.16. The van der Waals surface area contributed by atoms with Gasteiger partial charge < -0.3 is 5.11 Å². The van der Waals surface area contributed by atoms with Gasteiger partial charge in [-0.2, -0.15) is 5.10 Å². The number of hydrogen-bond donors (Lipinski definition) is 2. The normalized spacial score (nSPS) is 10.7. The van der Waals surface area contributed by atoms with E-state index in [1.807, 2.05) is 13.8 Å². The van der Waals surface area contributed by atoms with E-state index in [1.54, 1.807) is 18.2 Å². The summed E-state index contributed by atoms with van der Waals surface area (Å²) in [6, 6.07) is 5.03. The Kier molecular flexibility index (Phi) is 2.88. The molecule has 2 aromatic rings. The largest absolute Gasteiger partial charge is 0.507 e. The van der Waals surface area contributed by atoms with Gasteiger partial charge in [0.2, 0.25) is 0 Å². The molecule has 1 aromatic heterocycles. The van der Waals surface area contributed by atoms with Crippen LogP contribution in [0.3, 0.4) is 0 Å². The Morgan fingerprint density at radius 2 is 2.19 bits per heavy atom. The van der Waals surface area contributed by atoms with Crippen molar-refractivity contribution in [2.75, 3.05) is 0 Å². The second-order valence-corrected chi connectivity index (χ2v) is 4.12. The van der Waals surface area contributed by atoms with Gasteiger partial charge in [0.25, 0.3) is 0 Å². The molecule has 0 unspecified atom stereocenters. The Morgan fingerprint density at radius 3 is 2.88 bits per heavy atom. The minimum Gasteiger partial charge on any atom is -0.507 e. The lowest BCUT2D eigenvalue weighted by Gasteiger charge is -2.06. The number of nitrogens with one attached hydrogen (secondary N) is 1. The first-order chi connectivity index (χ1) is 7.63. The number of aromatic hydroxyl groups is 1. The smallest absolute Gasteiger partial charge is 0.123 e. The molecule has 1 heterocycles. The molecular weight excluding hydrogens is 224 g/mol. The lowest BCUT2D eigenvalue weighted by molar-refractivity contribution is 0.477. The number of hydrogen-bond acceptors (Lipinski definition) is 2. The highest BCUT2D eigenvalue weighted by Gasteiger charge is 2.14. The third-order valence-corrected chi connectivity index (χ3v) is 2.82. The zero-order valence-electron chi connectivity index (χ0n) is 9.21. The lowest BCUT2D eigenvalue weighted by atomic mass is 10.0. The van der Waals surface area contributed by atoms with Gasteiger partial charge >= 0.3 is 0 Å². The van der Waals surface area contributed by atoms with Crippen LogP contribution in [0.2, 0.25) is 5.02 Å². The molecule has 0 amide bonds. The van der Waals surface area contributed by atoms with E-state index in [1.165, 1.54) is 0 Å². The van der Waals surface area contributed by atoms with E-state index in [2.05, 4.69) is 10.2 Å². The van der Waals surface area contributed by atoms with Gasteiger partial charge in [-0.3, -0.25) is 5.10 Å². The molecule has 16 heavy (non-hydrogen) atoms. The van der Waals surface area contributed by atoms with Crippen LogP contribution in [0, 0.1) is 6.92 Å². The number of phenolic OH excluding ortho intramolecular Hbond substituents is 1. The highest BCUT2D eigenvalue weighted by atomic mass is 35.5. The number of aromatic amines is 1.